The molecule has 152 valence electrons. The summed E-state index contributed by atoms with van der Waals surface area (Å²) in [6.45, 7) is 11.1. The molecule has 6 heteroatoms. The molecular weight excluding hydrogens is 383 g/mol. The van der Waals surface area contributed by atoms with Gasteiger partial charge in [-0.15, -0.1) is 0 Å². The summed E-state index contributed by atoms with van der Waals surface area (Å²) < 4.78 is 12.5. The molecule has 1 saturated carbocycles. The van der Waals surface area contributed by atoms with Crippen LogP contribution in [0.2, 0.25) is 5.02 Å². The molecule has 1 aliphatic heterocycles. The number of halogens is 2. The quantitative estimate of drug-likeness (QED) is 0.607. The molecule has 0 unspecified atom stereocenters. The number of amides is 1. The number of likely N-dealkylation sites (tertiary alicyclic amines) is 1. The van der Waals surface area contributed by atoms with E-state index >= 15 is 0 Å². The molecule has 2 aliphatic rings. The van der Waals surface area contributed by atoms with Gasteiger partial charge in [0.2, 0.25) is 6.41 Å². The molecule has 3 nitrogen and oxygen atoms in total. The summed E-state index contributed by atoms with van der Waals surface area (Å²) in [6, 6.07) is 3.80. The minimum atomic E-state index is -0.471. The maximum absolute atomic E-state index is 12.5. The fraction of sp³-hybridized carbons (Fsp3) is 0.667. The van der Waals surface area contributed by atoms with Crippen LogP contribution in [0.15, 0.2) is 18.2 Å². The summed E-state index contributed by atoms with van der Waals surface area (Å²) in [5.41, 5.74) is 1.11. The van der Waals surface area contributed by atoms with Crippen molar-refractivity contribution in [3.8, 4) is 0 Å². The number of carbonyl (C=O) groups excluding carboxylic acids is 1. The second kappa shape index (κ2) is 10.7. The van der Waals surface area contributed by atoms with E-state index in [1.807, 2.05) is 0 Å². The lowest BCUT2D eigenvalue weighted by atomic mass is 9.66. The van der Waals surface area contributed by atoms with E-state index < -0.39 is 5.82 Å². The predicted octanol–water partition coefficient (Wildman–Crippen LogP) is 5.69. The van der Waals surface area contributed by atoms with E-state index in [-0.39, 0.29) is 5.02 Å². The zero-order valence-corrected chi connectivity index (χ0v) is 18.2. The molecule has 1 amide bonds. The van der Waals surface area contributed by atoms with Crippen molar-refractivity contribution in [3.05, 3.63) is 29.0 Å². The van der Waals surface area contributed by atoms with Gasteiger partial charge in [0.15, 0.2) is 0 Å². The molecule has 0 radical (unpaired) electrons. The molecule has 0 atom stereocenters. The molecule has 1 aromatic rings. The first-order valence-electron chi connectivity index (χ1n) is 9.82. The maximum atomic E-state index is 12.5. The van der Waals surface area contributed by atoms with Crippen molar-refractivity contribution in [2.24, 2.45) is 11.3 Å². The van der Waals surface area contributed by atoms with Gasteiger partial charge >= 0.3 is 0 Å². The van der Waals surface area contributed by atoms with E-state index in [9.17, 15) is 9.18 Å². The predicted molar refractivity (Wildman–Crippen MR) is 115 cm³/mol. The van der Waals surface area contributed by atoms with E-state index in [0.29, 0.717) is 12.1 Å². The van der Waals surface area contributed by atoms with Crippen molar-refractivity contribution >= 4 is 35.5 Å². The van der Waals surface area contributed by atoms with Crippen LogP contribution < -0.4 is 5.32 Å². The molecule has 1 saturated heterocycles. The fourth-order valence-electron chi connectivity index (χ4n) is 3.87. The average Bonchev–Trinajstić information content (AvgIpc) is 2.55. The summed E-state index contributed by atoms with van der Waals surface area (Å²) in [5, 5.41) is 3.34. The van der Waals surface area contributed by atoms with Crippen molar-refractivity contribution in [1.29, 1.82) is 0 Å². The number of carbonyl (C=O) groups is 1. The molecule has 1 heterocycles. The Bertz CT molecular complexity index is 578. The summed E-state index contributed by atoms with van der Waals surface area (Å²) >= 11 is 7.59. The van der Waals surface area contributed by atoms with Gasteiger partial charge < -0.3 is 10.2 Å². The third kappa shape index (κ3) is 7.63. The molecular formula is C21H32ClFN2OS. The Hall–Kier alpha value is -0.780. The fourth-order valence-corrected chi connectivity index (χ4v) is 4.93. The summed E-state index contributed by atoms with van der Waals surface area (Å²) in [7, 11) is 0. The lowest BCUT2D eigenvalue weighted by Crippen LogP contribution is -2.57. The third-order valence-electron chi connectivity index (χ3n) is 5.40. The van der Waals surface area contributed by atoms with Crippen LogP contribution >= 0.6 is 23.4 Å². The monoisotopic (exact) mass is 414 g/mol. The number of benzene rings is 1. The first-order valence-corrected chi connectivity index (χ1v) is 11.2. The summed E-state index contributed by atoms with van der Waals surface area (Å²) in [4.78, 5) is 12.6. The number of anilines is 1. The van der Waals surface area contributed by atoms with E-state index in [1.165, 1.54) is 63.2 Å². The Morgan fingerprint density at radius 1 is 1.33 bits per heavy atom. The van der Waals surface area contributed by atoms with Crippen molar-refractivity contribution in [2.45, 2.75) is 51.7 Å². The standard InChI is InChI=1S/C14H27NS.C7H5ClFNO/c1-12(2)16-9-8-15-10-14(11-15)6-4-13(3)5-7-14;8-5-1-6(9)3-7(2-5)10-4-11/h12-13H,4-11H2,1-3H3;1-4H,(H,10,11). The summed E-state index contributed by atoms with van der Waals surface area (Å²) in [6.07, 6.45) is 6.43. The van der Waals surface area contributed by atoms with Crippen LogP contribution in [0, 0.1) is 17.2 Å². The second-order valence-electron chi connectivity index (χ2n) is 8.23. The van der Waals surface area contributed by atoms with E-state index in [0.717, 1.165) is 22.6 Å². The highest BCUT2D eigenvalue weighted by Crippen LogP contribution is 2.45. The minimum absolute atomic E-state index is 0.259. The molecule has 1 aromatic carbocycles. The zero-order valence-electron chi connectivity index (χ0n) is 16.6. The largest absolute Gasteiger partial charge is 0.329 e. The van der Waals surface area contributed by atoms with Crippen molar-refractivity contribution in [2.75, 3.05) is 30.7 Å². The number of nitrogens with zero attached hydrogens (tertiary/aromatic N) is 1. The lowest BCUT2D eigenvalue weighted by Gasteiger charge is -2.53. The normalized spacial score (nSPS) is 19.3. The second-order valence-corrected chi connectivity index (χ2v) is 10.4. The van der Waals surface area contributed by atoms with Crippen LogP contribution in [0.25, 0.3) is 0 Å². The highest BCUT2D eigenvalue weighted by Gasteiger charge is 2.43. The molecule has 3 rings (SSSR count). The Morgan fingerprint density at radius 2 is 2.00 bits per heavy atom. The molecule has 1 N–H and O–H groups in total. The van der Waals surface area contributed by atoms with Gasteiger partial charge in [-0.2, -0.15) is 11.8 Å². The highest BCUT2D eigenvalue weighted by molar-refractivity contribution is 7.99. The van der Waals surface area contributed by atoms with Crippen molar-refractivity contribution in [3.63, 3.8) is 0 Å². The average molecular weight is 415 g/mol. The zero-order chi connectivity index (χ0) is 19.9. The van der Waals surface area contributed by atoms with Gasteiger partial charge in [0, 0.05) is 36.1 Å². The number of hydrogen-bond donors (Lipinski definition) is 1. The molecule has 0 bridgehead atoms. The van der Waals surface area contributed by atoms with E-state index in [1.54, 1.807) is 0 Å². The van der Waals surface area contributed by atoms with Crippen LogP contribution in [0.4, 0.5) is 10.1 Å². The summed E-state index contributed by atoms with van der Waals surface area (Å²) in [5.74, 6) is 1.85. The van der Waals surface area contributed by atoms with Gasteiger partial charge in [0.25, 0.3) is 0 Å². The first-order chi connectivity index (χ1) is 12.8. The van der Waals surface area contributed by atoms with Gasteiger partial charge in [-0.05, 0) is 47.6 Å². The Morgan fingerprint density at radius 3 is 2.56 bits per heavy atom. The van der Waals surface area contributed by atoms with Crippen LogP contribution in [-0.2, 0) is 4.79 Å². The molecule has 2 fully saturated rings. The minimum Gasteiger partial charge on any atom is -0.329 e. The molecule has 0 aromatic heterocycles. The lowest BCUT2D eigenvalue weighted by molar-refractivity contribution is -0.105. The first kappa shape index (κ1) is 22.5. The van der Waals surface area contributed by atoms with Crippen molar-refractivity contribution in [1.82, 2.24) is 4.90 Å². The maximum Gasteiger partial charge on any atom is 0.211 e. The number of thioether (sulfide) groups is 1. The number of nitrogens with one attached hydrogen (secondary N) is 1. The van der Waals surface area contributed by atoms with Crippen LogP contribution in [0.1, 0.15) is 46.5 Å². The van der Waals surface area contributed by atoms with E-state index in [4.69, 9.17) is 11.6 Å². The van der Waals surface area contributed by atoms with Gasteiger partial charge in [-0.3, -0.25) is 4.79 Å². The highest BCUT2D eigenvalue weighted by atomic mass is 35.5. The number of rotatable bonds is 6. The third-order valence-corrected chi connectivity index (χ3v) is 6.70. The van der Waals surface area contributed by atoms with Gasteiger partial charge in [0.05, 0.1) is 0 Å². The Labute approximate surface area is 172 Å². The topological polar surface area (TPSA) is 32.3 Å². The van der Waals surface area contributed by atoms with E-state index in [2.05, 4.69) is 42.7 Å². The Kier molecular flexibility index (Phi) is 8.90. The molecule has 1 aliphatic carbocycles. The SMILES string of the molecule is CC1CCC2(CC1)CN(CCSC(C)C)C2.O=CNc1cc(F)cc(Cl)c1. The van der Waals surface area contributed by atoms with Gasteiger partial charge in [-0.25, -0.2) is 4.39 Å². The van der Waals surface area contributed by atoms with Crippen LogP contribution in [0.3, 0.4) is 0 Å². The van der Waals surface area contributed by atoms with Gasteiger partial charge in [0.1, 0.15) is 5.82 Å². The van der Waals surface area contributed by atoms with Gasteiger partial charge in [-0.1, -0.05) is 45.2 Å². The molecule has 27 heavy (non-hydrogen) atoms. The molecule has 1 spiro atoms. The Balaban J connectivity index is 0.000000208. The van der Waals surface area contributed by atoms with Crippen LogP contribution in [0.5, 0.6) is 0 Å². The smallest absolute Gasteiger partial charge is 0.211 e. The van der Waals surface area contributed by atoms with Crippen LogP contribution in [-0.4, -0.2) is 41.9 Å². The van der Waals surface area contributed by atoms with Crippen molar-refractivity contribution < 1.29 is 9.18 Å². The number of hydrogen-bond acceptors (Lipinski definition) is 3.